The Bertz CT molecular complexity index is 534. The van der Waals surface area contributed by atoms with Crippen molar-refractivity contribution in [3.63, 3.8) is 0 Å². The van der Waals surface area contributed by atoms with Crippen molar-refractivity contribution in [2.45, 2.75) is 96.5 Å². The summed E-state index contributed by atoms with van der Waals surface area (Å²) >= 11 is 0. The van der Waals surface area contributed by atoms with Crippen molar-refractivity contribution in [2.24, 2.45) is 0 Å². The van der Waals surface area contributed by atoms with Crippen molar-refractivity contribution in [2.75, 3.05) is 11.5 Å². The molecule has 0 aliphatic carbocycles. The third kappa shape index (κ3) is 10.7. The van der Waals surface area contributed by atoms with E-state index in [0.717, 1.165) is 19.3 Å². The number of hydrogen-bond acceptors (Lipinski definition) is 4. The zero-order valence-corrected chi connectivity index (χ0v) is 16.9. The average molecular weight is 379 g/mol. The van der Waals surface area contributed by atoms with E-state index in [4.69, 9.17) is 16.2 Å². The standard InChI is InChI=1S/C22H38N2O3/c1-2-3-4-5-6-7-8-9-10-11-12-13-14-21(22(25)26)27-20-16-15-18(23)17-19(20)24/h15-17,21H,2-14,23-24H2,1H3,(H,25,26). The van der Waals surface area contributed by atoms with Crippen LogP contribution in [0.15, 0.2) is 18.2 Å². The van der Waals surface area contributed by atoms with Crippen molar-refractivity contribution in [1.82, 2.24) is 0 Å². The largest absolute Gasteiger partial charge is 0.479 e. The molecule has 0 amide bonds. The predicted molar refractivity (Wildman–Crippen MR) is 113 cm³/mol. The third-order valence-corrected chi connectivity index (χ3v) is 4.90. The molecule has 5 heteroatoms. The Morgan fingerprint density at radius 1 is 0.926 bits per heavy atom. The van der Waals surface area contributed by atoms with E-state index in [2.05, 4.69) is 6.92 Å². The Balaban J connectivity index is 2.11. The Morgan fingerprint density at radius 2 is 1.44 bits per heavy atom. The molecular weight excluding hydrogens is 340 g/mol. The molecule has 27 heavy (non-hydrogen) atoms. The maximum atomic E-state index is 11.4. The van der Waals surface area contributed by atoms with Crippen LogP contribution in [0.4, 0.5) is 11.4 Å². The predicted octanol–water partition coefficient (Wildman–Crippen LogP) is 5.77. The van der Waals surface area contributed by atoms with Gasteiger partial charge in [0, 0.05) is 5.69 Å². The van der Waals surface area contributed by atoms with Crippen molar-refractivity contribution in [1.29, 1.82) is 0 Å². The van der Waals surface area contributed by atoms with Crippen LogP contribution < -0.4 is 16.2 Å². The first-order valence-corrected chi connectivity index (χ1v) is 10.6. The Hall–Kier alpha value is -1.91. The molecule has 1 atom stereocenters. The number of nitrogen functional groups attached to an aromatic ring is 2. The highest BCUT2D eigenvalue weighted by Crippen LogP contribution is 2.26. The van der Waals surface area contributed by atoms with Crippen molar-refractivity contribution in [3.05, 3.63) is 18.2 Å². The van der Waals surface area contributed by atoms with E-state index in [1.165, 1.54) is 57.8 Å². The van der Waals surface area contributed by atoms with E-state index < -0.39 is 12.1 Å². The smallest absolute Gasteiger partial charge is 0.344 e. The molecule has 0 heterocycles. The van der Waals surface area contributed by atoms with Gasteiger partial charge in [0.2, 0.25) is 0 Å². The number of carbonyl (C=O) groups is 1. The van der Waals surface area contributed by atoms with Gasteiger partial charge in [-0.1, -0.05) is 77.6 Å². The minimum absolute atomic E-state index is 0.371. The van der Waals surface area contributed by atoms with E-state index in [1.807, 2.05) is 0 Å². The van der Waals surface area contributed by atoms with E-state index in [9.17, 15) is 9.90 Å². The zero-order valence-electron chi connectivity index (χ0n) is 16.9. The summed E-state index contributed by atoms with van der Waals surface area (Å²) < 4.78 is 5.58. The van der Waals surface area contributed by atoms with Gasteiger partial charge < -0.3 is 21.3 Å². The maximum absolute atomic E-state index is 11.4. The van der Waals surface area contributed by atoms with Crippen LogP contribution in [0.2, 0.25) is 0 Å². The summed E-state index contributed by atoms with van der Waals surface area (Å²) in [5.41, 5.74) is 12.4. The van der Waals surface area contributed by atoms with Crippen LogP contribution in [0.25, 0.3) is 0 Å². The molecule has 0 saturated carbocycles. The lowest BCUT2D eigenvalue weighted by molar-refractivity contribution is -0.145. The van der Waals surface area contributed by atoms with E-state index in [1.54, 1.807) is 18.2 Å². The molecule has 0 radical (unpaired) electrons. The molecule has 1 aromatic rings. The second-order valence-corrected chi connectivity index (χ2v) is 7.42. The molecule has 5 N–H and O–H groups in total. The molecule has 0 aliphatic heterocycles. The highest BCUT2D eigenvalue weighted by atomic mass is 16.5. The number of unbranched alkanes of at least 4 members (excludes halogenated alkanes) is 11. The molecule has 0 bridgehead atoms. The number of ether oxygens (including phenoxy) is 1. The van der Waals surface area contributed by atoms with Crippen LogP contribution in [0.5, 0.6) is 5.75 Å². The summed E-state index contributed by atoms with van der Waals surface area (Å²) in [6.45, 7) is 2.25. The first kappa shape index (κ1) is 23.1. The van der Waals surface area contributed by atoms with Gasteiger partial charge in [0.15, 0.2) is 6.10 Å². The average Bonchev–Trinajstić information content (AvgIpc) is 2.63. The number of carboxylic acids is 1. The Labute approximate surface area is 164 Å². The summed E-state index contributed by atoms with van der Waals surface area (Å²) in [5.74, 6) is -0.565. The summed E-state index contributed by atoms with van der Waals surface area (Å²) in [7, 11) is 0. The van der Waals surface area contributed by atoms with Gasteiger partial charge in [-0.3, -0.25) is 0 Å². The summed E-state index contributed by atoms with van der Waals surface area (Å²) in [5, 5.41) is 9.37. The van der Waals surface area contributed by atoms with Gasteiger partial charge in [-0.25, -0.2) is 4.79 Å². The minimum Gasteiger partial charge on any atom is -0.479 e. The lowest BCUT2D eigenvalue weighted by Crippen LogP contribution is -2.27. The second kappa shape index (κ2) is 14.2. The molecule has 0 saturated heterocycles. The monoisotopic (exact) mass is 378 g/mol. The topological polar surface area (TPSA) is 98.6 Å². The summed E-state index contributed by atoms with van der Waals surface area (Å²) in [4.78, 5) is 11.4. The van der Waals surface area contributed by atoms with Crippen LogP contribution in [0.1, 0.15) is 90.4 Å². The van der Waals surface area contributed by atoms with E-state index >= 15 is 0 Å². The highest BCUT2D eigenvalue weighted by molar-refractivity contribution is 5.73. The van der Waals surface area contributed by atoms with Crippen molar-refractivity contribution >= 4 is 17.3 Å². The first-order valence-electron chi connectivity index (χ1n) is 10.6. The third-order valence-electron chi connectivity index (χ3n) is 4.90. The van der Waals surface area contributed by atoms with Crippen LogP contribution in [0.3, 0.4) is 0 Å². The first-order chi connectivity index (χ1) is 13.0. The quantitative estimate of drug-likeness (QED) is 0.250. The van der Waals surface area contributed by atoms with Crippen molar-refractivity contribution in [3.8, 4) is 5.75 Å². The normalized spacial score (nSPS) is 12.0. The van der Waals surface area contributed by atoms with Gasteiger partial charge in [0.25, 0.3) is 0 Å². The van der Waals surface area contributed by atoms with Crippen LogP contribution >= 0.6 is 0 Å². The Morgan fingerprint density at radius 3 is 1.93 bits per heavy atom. The lowest BCUT2D eigenvalue weighted by atomic mass is 10.0. The maximum Gasteiger partial charge on any atom is 0.344 e. The number of carboxylic acid groups (broad SMARTS) is 1. The van der Waals surface area contributed by atoms with Crippen LogP contribution in [0, 0.1) is 0 Å². The van der Waals surface area contributed by atoms with E-state index in [-0.39, 0.29) is 0 Å². The van der Waals surface area contributed by atoms with E-state index in [0.29, 0.717) is 23.5 Å². The number of rotatable bonds is 16. The number of aliphatic carboxylic acids is 1. The van der Waals surface area contributed by atoms with Gasteiger partial charge >= 0.3 is 5.97 Å². The van der Waals surface area contributed by atoms with Crippen LogP contribution in [-0.4, -0.2) is 17.2 Å². The molecule has 1 aromatic carbocycles. The number of benzene rings is 1. The van der Waals surface area contributed by atoms with Crippen LogP contribution in [-0.2, 0) is 4.79 Å². The molecule has 5 nitrogen and oxygen atoms in total. The molecule has 0 fully saturated rings. The molecule has 0 spiro atoms. The molecule has 1 unspecified atom stereocenters. The van der Waals surface area contributed by atoms with Gasteiger partial charge in [0.05, 0.1) is 5.69 Å². The second-order valence-electron chi connectivity index (χ2n) is 7.42. The molecule has 1 rings (SSSR count). The lowest BCUT2D eigenvalue weighted by Gasteiger charge is -2.16. The van der Waals surface area contributed by atoms with Crippen molar-refractivity contribution < 1.29 is 14.6 Å². The number of nitrogens with two attached hydrogens (primary N) is 2. The summed E-state index contributed by atoms with van der Waals surface area (Å²) in [6.07, 6.45) is 14.7. The van der Waals surface area contributed by atoms with Gasteiger partial charge in [-0.2, -0.15) is 0 Å². The highest BCUT2D eigenvalue weighted by Gasteiger charge is 2.20. The minimum atomic E-state index is -0.950. The van der Waals surface area contributed by atoms with Gasteiger partial charge in [0.1, 0.15) is 5.75 Å². The Kier molecular flexibility index (Phi) is 12.2. The fourth-order valence-corrected chi connectivity index (χ4v) is 3.23. The fraction of sp³-hybridized carbons (Fsp3) is 0.682. The van der Waals surface area contributed by atoms with Gasteiger partial charge in [-0.15, -0.1) is 0 Å². The molecule has 0 aliphatic rings. The summed E-state index contributed by atoms with van der Waals surface area (Å²) in [6, 6.07) is 4.87. The van der Waals surface area contributed by atoms with Gasteiger partial charge in [-0.05, 0) is 31.0 Å². The number of hydrogen-bond donors (Lipinski definition) is 3. The molecular formula is C22H38N2O3. The molecule has 154 valence electrons. The SMILES string of the molecule is CCCCCCCCCCCCCCC(Oc1ccc(N)cc1N)C(=O)O. The zero-order chi connectivity index (χ0) is 19.9. The number of anilines is 2. The fourth-order valence-electron chi connectivity index (χ4n) is 3.23. The molecule has 0 aromatic heterocycles.